The summed E-state index contributed by atoms with van der Waals surface area (Å²) in [6.45, 7) is 8.17. The molecule has 158 valence electrons. The molecule has 29 heavy (non-hydrogen) atoms. The highest BCUT2D eigenvalue weighted by atomic mass is 32.2. The van der Waals surface area contributed by atoms with Crippen molar-refractivity contribution in [2.24, 2.45) is 5.92 Å². The lowest BCUT2D eigenvalue weighted by molar-refractivity contribution is 0.0506. The zero-order valence-electron chi connectivity index (χ0n) is 17.9. The van der Waals surface area contributed by atoms with Gasteiger partial charge < -0.3 is 10.0 Å². The van der Waals surface area contributed by atoms with Gasteiger partial charge in [-0.1, -0.05) is 35.5 Å². The van der Waals surface area contributed by atoms with Gasteiger partial charge >= 0.3 is 6.09 Å². The summed E-state index contributed by atoms with van der Waals surface area (Å²) in [5, 5.41) is 9.61. The molecule has 0 saturated heterocycles. The van der Waals surface area contributed by atoms with Gasteiger partial charge in [0.2, 0.25) is 0 Å². The molecule has 1 N–H and O–H groups in total. The summed E-state index contributed by atoms with van der Waals surface area (Å²) < 4.78 is 2.38. The minimum absolute atomic E-state index is 0.156. The van der Waals surface area contributed by atoms with Gasteiger partial charge in [-0.2, -0.15) is 0 Å². The maximum Gasteiger partial charge on any atom is 0.407 e. The van der Waals surface area contributed by atoms with Gasteiger partial charge in [-0.3, -0.25) is 0 Å². The lowest BCUT2D eigenvalue weighted by atomic mass is 9.82. The number of fused-ring (bicyclic) bond motifs is 1. The van der Waals surface area contributed by atoms with E-state index in [9.17, 15) is 9.90 Å². The van der Waals surface area contributed by atoms with Crippen LogP contribution in [0.4, 0.5) is 4.79 Å². The van der Waals surface area contributed by atoms with Gasteiger partial charge in [0.1, 0.15) is 0 Å². The number of carboxylic acid groups (broad SMARTS) is 1. The maximum atomic E-state index is 11.7. The van der Waals surface area contributed by atoms with Crippen LogP contribution in [0, 0.1) is 5.92 Å². The van der Waals surface area contributed by atoms with E-state index in [2.05, 4.69) is 31.2 Å². The number of aromatic nitrogens is 1. The third kappa shape index (κ3) is 5.98. The van der Waals surface area contributed by atoms with Crippen molar-refractivity contribution in [1.82, 2.24) is 9.88 Å². The maximum absolute atomic E-state index is 11.7. The number of benzene rings is 1. The molecule has 1 saturated carbocycles. The summed E-state index contributed by atoms with van der Waals surface area (Å²) in [4.78, 5) is 18.1. The van der Waals surface area contributed by atoms with Crippen molar-refractivity contribution < 1.29 is 9.90 Å². The molecule has 4 nitrogen and oxygen atoms in total. The van der Waals surface area contributed by atoms with E-state index in [-0.39, 0.29) is 11.6 Å². The number of thiazole rings is 1. The second-order valence-corrected chi connectivity index (χ2v) is 11.3. The quantitative estimate of drug-likeness (QED) is 0.392. The van der Waals surface area contributed by atoms with Crippen molar-refractivity contribution in [2.45, 2.75) is 75.7 Å². The first kappa shape index (κ1) is 22.2. The lowest BCUT2D eigenvalue weighted by Gasteiger charge is -2.42. The van der Waals surface area contributed by atoms with E-state index < -0.39 is 6.09 Å². The molecule has 2 aromatic rings. The van der Waals surface area contributed by atoms with Gasteiger partial charge in [0.15, 0.2) is 4.34 Å². The van der Waals surface area contributed by atoms with Gasteiger partial charge in [0.05, 0.1) is 10.2 Å². The van der Waals surface area contributed by atoms with Crippen LogP contribution in [0.25, 0.3) is 10.2 Å². The summed E-state index contributed by atoms with van der Waals surface area (Å²) in [6.07, 6.45) is 6.86. The summed E-state index contributed by atoms with van der Waals surface area (Å²) >= 11 is 3.58. The standard InChI is InChI=1S/C23H32N2O2S2/c1-16(15-28-21-24-19-7-5-6-8-20(19)29-21)9-10-17-11-13-18(14-12-17)25(22(26)27)23(2,3)4/h5-9,17-18H,10-15H2,1-4H3,(H,26,27)/b16-9+. The first-order valence-corrected chi connectivity index (χ1v) is 12.2. The lowest BCUT2D eigenvalue weighted by Crippen LogP contribution is -2.52. The smallest absolute Gasteiger partial charge is 0.407 e. The number of rotatable bonds is 6. The first-order chi connectivity index (χ1) is 13.7. The third-order valence-corrected chi connectivity index (χ3v) is 7.98. The van der Waals surface area contributed by atoms with Crippen LogP contribution >= 0.6 is 23.1 Å². The van der Waals surface area contributed by atoms with Gasteiger partial charge in [0, 0.05) is 17.3 Å². The van der Waals surface area contributed by atoms with Crippen molar-refractivity contribution in [2.75, 3.05) is 5.75 Å². The molecule has 1 heterocycles. The largest absolute Gasteiger partial charge is 0.465 e. The van der Waals surface area contributed by atoms with Crippen LogP contribution in [0.1, 0.15) is 59.8 Å². The van der Waals surface area contributed by atoms with Crippen molar-refractivity contribution in [1.29, 1.82) is 0 Å². The average Bonchev–Trinajstić information content (AvgIpc) is 3.07. The minimum Gasteiger partial charge on any atom is -0.465 e. The Kier molecular flexibility index (Phi) is 7.28. The predicted molar refractivity (Wildman–Crippen MR) is 124 cm³/mol. The van der Waals surface area contributed by atoms with Crippen molar-refractivity contribution in [3.63, 3.8) is 0 Å². The van der Waals surface area contributed by atoms with Crippen LogP contribution in [0.3, 0.4) is 0 Å². The van der Waals surface area contributed by atoms with Crippen LogP contribution in [-0.4, -0.2) is 38.4 Å². The van der Waals surface area contributed by atoms with Crippen LogP contribution in [0.15, 0.2) is 40.3 Å². The van der Waals surface area contributed by atoms with Gasteiger partial charge in [-0.25, -0.2) is 9.78 Å². The Morgan fingerprint density at radius 1 is 1.28 bits per heavy atom. The summed E-state index contributed by atoms with van der Waals surface area (Å²) in [7, 11) is 0. The normalized spacial score (nSPS) is 20.8. The zero-order valence-corrected chi connectivity index (χ0v) is 19.5. The number of carbonyl (C=O) groups is 1. The van der Waals surface area contributed by atoms with Gasteiger partial charge in [0.25, 0.3) is 0 Å². The fourth-order valence-corrected chi connectivity index (χ4v) is 6.16. The molecule has 6 heteroatoms. The molecular weight excluding hydrogens is 400 g/mol. The Morgan fingerprint density at radius 3 is 2.59 bits per heavy atom. The molecule has 1 fully saturated rings. The number of hydrogen-bond donors (Lipinski definition) is 1. The highest BCUT2D eigenvalue weighted by Crippen LogP contribution is 2.34. The molecule has 1 aliphatic carbocycles. The number of para-hydroxylation sites is 1. The average molecular weight is 433 g/mol. The molecule has 0 atom stereocenters. The Hall–Kier alpha value is -1.53. The molecule has 0 unspecified atom stereocenters. The molecule has 0 aliphatic heterocycles. The van der Waals surface area contributed by atoms with E-state index >= 15 is 0 Å². The second-order valence-electron chi connectivity index (χ2n) is 9.02. The van der Waals surface area contributed by atoms with E-state index in [1.165, 1.54) is 10.3 Å². The van der Waals surface area contributed by atoms with Crippen molar-refractivity contribution >= 4 is 39.4 Å². The molecular formula is C23H32N2O2S2. The van der Waals surface area contributed by atoms with E-state index in [0.717, 1.165) is 47.7 Å². The molecule has 1 amide bonds. The molecule has 0 radical (unpaired) electrons. The van der Waals surface area contributed by atoms with E-state index in [0.29, 0.717) is 5.92 Å². The Morgan fingerprint density at radius 2 is 1.97 bits per heavy atom. The number of allylic oxidation sites excluding steroid dienone is 1. The minimum atomic E-state index is -0.788. The molecule has 1 aromatic heterocycles. The van der Waals surface area contributed by atoms with E-state index in [1.54, 1.807) is 16.2 Å². The highest BCUT2D eigenvalue weighted by molar-refractivity contribution is 8.01. The van der Waals surface area contributed by atoms with Crippen LogP contribution in [0.5, 0.6) is 0 Å². The Labute approximate surface area is 182 Å². The number of amides is 1. The number of nitrogens with zero attached hydrogens (tertiary/aromatic N) is 2. The number of hydrogen-bond acceptors (Lipinski definition) is 4. The molecule has 0 bridgehead atoms. The van der Waals surface area contributed by atoms with Crippen molar-refractivity contribution in [3.05, 3.63) is 35.9 Å². The van der Waals surface area contributed by atoms with Crippen LogP contribution in [-0.2, 0) is 0 Å². The van der Waals surface area contributed by atoms with E-state index in [4.69, 9.17) is 4.98 Å². The Balaban J connectivity index is 1.46. The van der Waals surface area contributed by atoms with Gasteiger partial charge in [-0.15, -0.1) is 11.3 Å². The monoisotopic (exact) mass is 432 g/mol. The highest BCUT2D eigenvalue weighted by Gasteiger charge is 2.35. The van der Waals surface area contributed by atoms with Crippen molar-refractivity contribution in [3.8, 4) is 0 Å². The molecule has 3 rings (SSSR count). The first-order valence-electron chi connectivity index (χ1n) is 10.4. The molecule has 0 spiro atoms. The summed E-state index contributed by atoms with van der Waals surface area (Å²) in [5.41, 5.74) is 2.15. The zero-order chi connectivity index (χ0) is 21.0. The van der Waals surface area contributed by atoms with Crippen LogP contribution in [0.2, 0.25) is 0 Å². The molecule has 1 aromatic carbocycles. The summed E-state index contributed by atoms with van der Waals surface area (Å²) in [5.74, 6) is 1.65. The Bertz CT molecular complexity index is 828. The predicted octanol–water partition coefficient (Wildman–Crippen LogP) is 7.06. The van der Waals surface area contributed by atoms with Crippen LogP contribution < -0.4 is 0 Å². The SMILES string of the molecule is C/C(=C\CC1CCC(N(C(=O)O)C(C)(C)C)CC1)CSc1nc2ccccc2s1. The fourth-order valence-electron chi connectivity index (χ4n) is 4.14. The summed E-state index contributed by atoms with van der Waals surface area (Å²) in [6, 6.07) is 8.45. The topological polar surface area (TPSA) is 53.4 Å². The third-order valence-electron chi connectivity index (χ3n) is 5.61. The fraction of sp³-hybridized carbons (Fsp3) is 0.565. The number of thioether (sulfide) groups is 1. The van der Waals surface area contributed by atoms with Gasteiger partial charge in [-0.05, 0) is 77.8 Å². The molecule has 1 aliphatic rings. The second kappa shape index (κ2) is 9.52. The van der Waals surface area contributed by atoms with E-state index in [1.807, 2.05) is 38.6 Å².